The van der Waals surface area contributed by atoms with Gasteiger partial charge in [0.15, 0.2) is 0 Å². The van der Waals surface area contributed by atoms with E-state index in [2.05, 4.69) is 41.6 Å². The first-order chi connectivity index (χ1) is 10.6. The van der Waals surface area contributed by atoms with Gasteiger partial charge in [0.05, 0.1) is 6.42 Å². The minimum Gasteiger partial charge on any atom is -0.350 e. The summed E-state index contributed by atoms with van der Waals surface area (Å²) in [5.74, 6) is 0.250. The van der Waals surface area contributed by atoms with Crippen molar-refractivity contribution in [1.29, 1.82) is 0 Å². The molecule has 1 amide bonds. The van der Waals surface area contributed by atoms with Crippen LogP contribution in [0.25, 0.3) is 10.9 Å². The van der Waals surface area contributed by atoms with Gasteiger partial charge in [-0.2, -0.15) is 0 Å². The molecule has 1 saturated heterocycles. The molecule has 0 unspecified atom stereocenters. The maximum atomic E-state index is 12.6. The number of nitrogens with zero attached hydrogens (tertiary/aromatic N) is 3. The zero-order valence-electron chi connectivity index (χ0n) is 13.7. The number of para-hydroxylation sites is 1. The number of fused-ring (bicyclic) bond motifs is 1. The van der Waals surface area contributed by atoms with E-state index in [1.54, 1.807) is 0 Å². The second kappa shape index (κ2) is 6.13. The third-order valence-electron chi connectivity index (χ3n) is 4.72. The van der Waals surface area contributed by atoms with Gasteiger partial charge < -0.3 is 9.47 Å². The lowest BCUT2D eigenvalue weighted by atomic mass is 10.1. The smallest absolute Gasteiger partial charge is 0.227 e. The number of aryl methyl sites for hydroxylation is 1. The highest BCUT2D eigenvalue weighted by Gasteiger charge is 2.23. The molecule has 2 heterocycles. The summed E-state index contributed by atoms with van der Waals surface area (Å²) in [6.07, 6.45) is 2.59. The van der Waals surface area contributed by atoms with Gasteiger partial charge in [-0.15, -0.1) is 0 Å². The van der Waals surface area contributed by atoms with Crippen molar-refractivity contribution in [3.8, 4) is 0 Å². The molecule has 118 valence electrons. The van der Waals surface area contributed by atoms with Crippen LogP contribution >= 0.6 is 0 Å². The van der Waals surface area contributed by atoms with Crippen LogP contribution < -0.4 is 0 Å². The highest BCUT2D eigenvalue weighted by molar-refractivity contribution is 5.89. The van der Waals surface area contributed by atoms with Crippen LogP contribution in [-0.2, 0) is 18.3 Å². The topological polar surface area (TPSA) is 28.5 Å². The second-order valence-electron chi connectivity index (χ2n) is 6.47. The van der Waals surface area contributed by atoms with E-state index < -0.39 is 0 Å². The van der Waals surface area contributed by atoms with Crippen LogP contribution in [-0.4, -0.2) is 52.5 Å². The molecular weight excluding hydrogens is 274 g/mol. The molecule has 1 fully saturated rings. The van der Waals surface area contributed by atoms with Crippen LogP contribution in [0.4, 0.5) is 0 Å². The minimum atomic E-state index is 0.250. The molecule has 0 aliphatic carbocycles. The van der Waals surface area contributed by atoms with Gasteiger partial charge in [-0.05, 0) is 25.5 Å². The quantitative estimate of drug-likeness (QED) is 0.870. The standard InChI is InChI=1S/C18H25N3O/c1-14(2)20-8-10-21(11-9-20)18(22)12-15-13-19(3)17-7-5-4-6-16(15)17/h4-7,13-14H,8-12H2,1-3H3. The first-order valence-corrected chi connectivity index (χ1v) is 8.11. The van der Waals surface area contributed by atoms with Gasteiger partial charge in [0.25, 0.3) is 0 Å². The Morgan fingerprint density at radius 2 is 1.82 bits per heavy atom. The summed E-state index contributed by atoms with van der Waals surface area (Å²) in [6, 6.07) is 8.85. The van der Waals surface area contributed by atoms with Gasteiger partial charge in [-0.1, -0.05) is 18.2 Å². The summed E-state index contributed by atoms with van der Waals surface area (Å²) >= 11 is 0. The van der Waals surface area contributed by atoms with Gasteiger partial charge >= 0.3 is 0 Å². The van der Waals surface area contributed by atoms with Crippen molar-refractivity contribution in [3.05, 3.63) is 36.0 Å². The number of piperazine rings is 1. The Bertz CT molecular complexity index is 666. The third-order valence-corrected chi connectivity index (χ3v) is 4.72. The van der Waals surface area contributed by atoms with Gasteiger partial charge in [0, 0.05) is 56.4 Å². The summed E-state index contributed by atoms with van der Waals surface area (Å²) < 4.78 is 2.11. The molecule has 1 aromatic carbocycles. The van der Waals surface area contributed by atoms with Crippen molar-refractivity contribution in [2.45, 2.75) is 26.3 Å². The van der Waals surface area contributed by atoms with Gasteiger partial charge in [-0.3, -0.25) is 9.69 Å². The predicted molar refractivity (Wildman–Crippen MR) is 89.9 cm³/mol. The van der Waals surface area contributed by atoms with E-state index in [4.69, 9.17) is 0 Å². The van der Waals surface area contributed by atoms with Crippen LogP contribution in [0.15, 0.2) is 30.5 Å². The Morgan fingerprint density at radius 3 is 2.50 bits per heavy atom. The predicted octanol–water partition coefficient (Wildman–Crippen LogP) is 2.27. The maximum Gasteiger partial charge on any atom is 0.227 e. The number of carbonyl (C=O) groups excluding carboxylic acids is 1. The van der Waals surface area contributed by atoms with Crippen LogP contribution in [0.3, 0.4) is 0 Å². The molecule has 2 aromatic rings. The van der Waals surface area contributed by atoms with Crippen LogP contribution in [0.1, 0.15) is 19.4 Å². The van der Waals surface area contributed by atoms with E-state index in [1.165, 1.54) is 10.9 Å². The normalized spacial score (nSPS) is 16.6. The number of hydrogen-bond donors (Lipinski definition) is 0. The van der Waals surface area contributed by atoms with E-state index in [9.17, 15) is 4.79 Å². The Morgan fingerprint density at radius 1 is 1.14 bits per heavy atom. The second-order valence-corrected chi connectivity index (χ2v) is 6.47. The minimum absolute atomic E-state index is 0.250. The molecule has 1 aliphatic rings. The average Bonchev–Trinajstić information content (AvgIpc) is 2.84. The molecule has 1 aliphatic heterocycles. The number of rotatable bonds is 3. The van der Waals surface area contributed by atoms with Crippen molar-refractivity contribution < 1.29 is 4.79 Å². The van der Waals surface area contributed by atoms with Crippen molar-refractivity contribution in [3.63, 3.8) is 0 Å². The van der Waals surface area contributed by atoms with Crippen LogP contribution in [0, 0.1) is 0 Å². The fourth-order valence-electron chi connectivity index (χ4n) is 3.33. The summed E-state index contributed by atoms with van der Waals surface area (Å²) in [5.41, 5.74) is 2.32. The first kappa shape index (κ1) is 15.1. The summed E-state index contributed by atoms with van der Waals surface area (Å²) in [4.78, 5) is 17.0. The van der Waals surface area contributed by atoms with Crippen LogP contribution in [0.5, 0.6) is 0 Å². The Balaban J connectivity index is 1.69. The maximum absolute atomic E-state index is 12.6. The Kier molecular flexibility index (Phi) is 4.21. The van der Waals surface area contributed by atoms with E-state index >= 15 is 0 Å². The van der Waals surface area contributed by atoms with Crippen molar-refractivity contribution >= 4 is 16.8 Å². The van der Waals surface area contributed by atoms with Crippen molar-refractivity contribution in [2.24, 2.45) is 7.05 Å². The molecule has 0 atom stereocenters. The van der Waals surface area contributed by atoms with Gasteiger partial charge in [0.1, 0.15) is 0 Å². The molecule has 22 heavy (non-hydrogen) atoms. The highest BCUT2D eigenvalue weighted by Crippen LogP contribution is 2.21. The monoisotopic (exact) mass is 299 g/mol. The number of hydrogen-bond acceptors (Lipinski definition) is 2. The van der Waals surface area contributed by atoms with E-state index in [0.29, 0.717) is 12.5 Å². The number of aromatic nitrogens is 1. The molecule has 0 spiro atoms. The van der Waals surface area contributed by atoms with Crippen molar-refractivity contribution in [1.82, 2.24) is 14.4 Å². The molecular formula is C18H25N3O. The first-order valence-electron chi connectivity index (χ1n) is 8.11. The molecule has 0 bridgehead atoms. The summed E-state index contributed by atoms with van der Waals surface area (Å²) in [7, 11) is 2.04. The lowest BCUT2D eigenvalue weighted by molar-refractivity contribution is -0.132. The van der Waals surface area contributed by atoms with Gasteiger partial charge in [-0.25, -0.2) is 0 Å². The fourth-order valence-corrected chi connectivity index (χ4v) is 3.33. The summed E-state index contributed by atoms with van der Waals surface area (Å²) in [5, 5.41) is 1.19. The molecule has 0 N–H and O–H groups in total. The van der Waals surface area contributed by atoms with E-state index in [0.717, 1.165) is 31.7 Å². The number of benzene rings is 1. The molecule has 0 radical (unpaired) electrons. The zero-order valence-corrected chi connectivity index (χ0v) is 13.7. The zero-order chi connectivity index (χ0) is 15.7. The molecule has 0 saturated carbocycles. The van der Waals surface area contributed by atoms with Crippen LogP contribution in [0.2, 0.25) is 0 Å². The average molecular weight is 299 g/mol. The highest BCUT2D eigenvalue weighted by atomic mass is 16.2. The third kappa shape index (κ3) is 2.88. The number of amides is 1. The van der Waals surface area contributed by atoms with Crippen molar-refractivity contribution in [2.75, 3.05) is 26.2 Å². The largest absolute Gasteiger partial charge is 0.350 e. The molecule has 3 rings (SSSR count). The van der Waals surface area contributed by atoms with E-state index in [1.807, 2.05) is 24.1 Å². The molecule has 4 heteroatoms. The summed E-state index contributed by atoms with van der Waals surface area (Å²) in [6.45, 7) is 8.10. The Labute approximate surface area is 132 Å². The number of carbonyl (C=O) groups is 1. The molecule has 4 nitrogen and oxygen atoms in total. The molecule has 1 aromatic heterocycles. The van der Waals surface area contributed by atoms with Gasteiger partial charge in [0.2, 0.25) is 5.91 Å². The lowest BCUT2D eigenvalue weighted by Crippen LogP contribution is -2.51. The Hall–Kier alpha value is -1.81. The lowest BCUT2D eigenvalue weighted by Gasteiger charge is -2.37. The fraction of sp³-hybridized carbons (Fsp3) is 0.500. The van der Waals surface area contributed by atoms with E-state index in [-0.39, 0.29) is 5.91 Å². The SMILES string of the molecule is CC(C)N1CCN(C(=O)Cc2cn(C)c3ccccc23)CC1.